The molecule has 0 saturated carbocycles. The van der Waals surface area contributed by atoms with E-state index in [0.717, 1.165) is 0 Å². The van der Waals surface area contributed by atoms with Crippen LogP contribution in [-0.4, -0.2) is 24.4 Å². The molecule has 118 valence electrons. The normalized spacial score (nSPS) is 14.4. The second kappa shape index (κ2) is 6.49. The van der Waals surface area contributed by atoms with E-state index in [-0.39, 0.29) is 0 Å². The van der Waals surface area contributed by atoms with Crippen molar-refractivity contribution in [3.8, 4) is 0 Å². The van der Waals surface area contributed by atoms with Gasteiger partial charge in [-0.15, -0.1) is 0 Å². The highest BCUT2D eigenvalue weighted by molar-refractivity contribution is 5.75. The maximum absolute atomic E-state index is 12.3. The lowest BCUT2D eigenvalue weighted by atomic mass is 9.94. The van der Waals surface area contributed by atoms with E-state index in [9.17, 15) is 31.1 Å². The summed E-state index contributed by atoms with van der Waals surface area (Å²) in [6.45, 7) is 6.16. The second-order valence-corrected chi connectivity index (χ2v) is 4.91. The monoisotopic (exact) mass is 306 g/mol. The summed E-state index contributed by atoms with van der Waals surface area (Å²) in [5, 5.41) is 0. The average Bonchev–Trinajstić information content (AvgIpc) is 2.18. The molecule has 0 aromatic rings. The molecule has 0 aliphatic heterocycles. The van der Waals surface area contributed by atoms with Crippen molar-refractivity contribution in [2.45, 2.75) is 46.2 Å². The zero-order valence-electron chi connectivity index (χ0n) is 11.4. The number of esters is 1. The lowest BCUT2D eigenvalue weighted by molar-refractivity contribution is -0.314. The van der Waals surface area contributed by atoms with Gasteiger partial charge in [-0.3, -0.25) is 4.79 Å². The SMILES string of the molecule is CC(C)=CC(C(=O)OC(C(F)(F)F)C(F)(F)F)C(C)C. The number of rotatable bonds is 4. The van der Waals surface area contributed by atoms with Crippen LogP contribution in [0.1, 0.15) is 27.7 Å². The topological polar surface area (TPSA) is 26.3 Å². The number of hydrogen-bond acceptors (Lipinski definition) is 2. The van der Waals surface area contributed by atoms with Gasteiger partial charge in [-0.2, -0.15) is 26.3 Å². The van der Waals surface area contributed by atoms with Crippen LogP contribution in [-0.2, 0) is 9.53 Å². The third kappa shape index (κ3) is 5.83. The number of halogens is 6. The molecule has 0 rings (SSSR count). The van der Waals surface area contributed by atoms with Crippen LogP contribution in [0.3, 0.4) is 0 Å². The van der Waals surface area contributed by atoms with Crippen molar-refractivity contribution in [3.63, 3.8) is 0 Å². The average molecular weight is 306 g/mol. The summed E-state index contributed by atoms with van der Waals surface area (Å²) in [6.07, 6.45) is -14.2. The first-order chi connectivity index (χ1) is 8.76. The van der Waals surface area contributed by atoms with Gasteiger partial charge in [0.2, 0.25) is 0 Å². The number of carbonyl (C=O) groups excluding carboxylic acids is 1. The number of alkyl halides is 6. The van der Waals surface area contributed by atoms with Gasteiger partial charge in [-0.05, 0) is 19.8 Å². The molecule has 1 unspecified atom stereocenters. The number of carbonyl (C=O) groups is 1. The predicted molar refractivity (Wildman–Crippen MR) is 59.7 cm³/mol. The third-order valence-corrected chi connectivity index (χ3v) is 2.33. The lowest BCUT2D eigenvalue weighted by Gasteiger charge is -2.25. The van der Waals surface area contributed by atoms with E-state index in [1.807, 2.05) is 0 Å². The fourth-order valence-electron chi connectivity index (χ4n) is 1.41. The Labute approximate surface area is 112 Å². The summed E-state index contributed by atoms with van der Waals surface area (Å²) >= 11 is 0. The van der Waals surface area contributed by atoms with Gasteiger partial charge in [-0.1, -0.05) is 25.5 Å². The smallest absolute Gasteiger partial charge is 0.434 e. The Balaban J connectivity index is 5.24. The van der Waals surface area contributed by atoms with Crippen molar-refractivity contribution in [1.29, 1.82) is 0 Å². The summed E-state index contributed by atoms with van der Waals surface area (Å²) in [5.74, 6) is -3.19. The zero-order valence-corrected chi connectivity index (χ0v) is 11.4. The largest absolute Gasteiger partial charge is 0.442 e. The zero-order chi connectivity index (χ0) is 16.3. The van der Waals surface area contributed by atoms with Crippen LogP contribution < -0.4 is 0 Å². The van der Waals surface area contributed by atoms with E-state index in [1.165, 1.54) is 19.9 Å². The molecule has 0 amide bonds. The van der Waals surface area contributed by atoms with Gasteiger partial charge >= 0.3 is 18.3 Å². The van der Waals surface area contributed by atoms with E-state index < -0.39 is 36.3 Å². The summed E-state index contributed by atoms with van der Waals surface area (Å²) in [4.78, 5) is 11.6. The Morgan fingerprint density at radius 2 is 1.40 bits per heavy atom. The number of allylic oxidation sites excluding steroid dienone is 1. The predicted octanol–water partition coefficient (Wildman–Crippen LogP) is 4.26. The summed E-state index contributed by atoms with van der Waals surface area (Å²) < 4.78 is 77.4. The Kier molecular flexibility index (Phi) is 6.10. The van der Waals surface area contributed by atoms with E-state index in [0.29, 0.717) is 5.57 Å². The van der Waals surface area contributed by atoms with E-state index in [4.69, 9.17) is 0 Å². The maximum atomic E-state index is 12.3. The highest BCUT2D eigenvalue weighted by Crippen LogP contribution is 2.36. The van der Waals surface area contributed by atoms with Crippen molar-refractivity contribution in [1.82, 2.24) is 0 Å². The number of ether oxygens (including phenoxy) is 1. The van der Waals surface area contributed by atoms with Crippen LogP contribution in [0.15, 0.2) is 11.6 Å². The van der Waals surface area contributed by atoms with Gasteiger partial charge in [-0.25, -0.2) is 0 Å². The quantitative estimate of drug-likeness (QED) is 0.441. The molecule has 8 heteroatoms. The molecular weight excluding hydrogens is 290 g/mol. The van der Waals surface area contributed by atoms with Crippen LogP contribution in [0.5, 0.6) is 0 Å². The highest BCUT2D eigenvalue weighted by Gasteiger charge is 2.60. The van der Waals surface area contributed by atoms with Gasteiger partial charge in [0, 0.05) is 0 Å². The fourth-order valence-corrected chi connectivity index (χ4v) is 1.41. The Morgan fingerprint density at radius 3 is 1.65 bits per heavy atom. The maximum Gasteiger partial charge on any atom is 0.434 e. The van der Waals surface area contributed by atoms with Gasteiger partial charge in [0.15, 0.2) is 0 Å². The molecule has 20 heavy (non-hydrogen) atoms. The Bertz CT molecular complexity index is 349. The minimum atomic E-state index is -5.69. The summed E-state index contributed by atoms with van der Waals surface area (Å²) in [5.41, 5.74) is 0.594. The standard InChI is InChI=1S/C12H16F6O2/c1-6(2)5-8(7(3)4)9(19)20-10(11(13,14)15)12(16,17)18/h5,7-8,10H,1-4H3. The molecule has 0 aromatic heterocycles. The van der Waals surface area contributed by atoms with Crippen LogP contribution in [0.4, 0.5) is 26.3 Å². The molecular formula is C12H16F6O2. The van der Waals surface area contributed by atoms with Crippen LogP contribution in [0, 0.1) is 11.8 Å². The molecule has 0 spiro atoms. The Hall–Kier alpha value is -1.21. The van der Waals surface area contributed by atoms with Crippen molar-refractivity contribution >= 4 is 5.97 Å². The van der Waals surface area contributed by atoms with E-state index in [2.05, 4.69) is 4.74 Å². The fraction of sp³-hybridized carbons (Fsp3) is 0.750. The van der Waals surface area contributed by atoms with Crippen LogP contribution >= 0.6 is 0 Å². The molecule has 0 bridgehead atoms. The van der Waals surface area contributed by atoms with Gasteiger partial charge in [0.1, 0.15) is 0 Å². The molecule has 2 nitrogen and oxygen atoms in total. The molecule has 0 aliphatic rings. The van der Waals surface area contributed by atoms with E-state index in [1.54, 1.807) is 13.8 Å². The molecule has 0 radical (unpaired) electrons. The molecule has 0 saturated heterocycles. The minimum Gasteiger partial charge on any atom is -0.442 e. The molecule has 0 aliphatic carbocycles. The molecule has 0 heterocycles. The summed E-state index contributed by atoms with van der Waals surface area (Å²) in [7, 11) is 0. The van der Waals surface area contributed by atoms with Crippen molar-refractivity contribution in [2.75, 3.05) is 0 Å². The van der Waals surface area contributed by atoms with Crippen LogP contribution in [0.2, 0.25) is 0 Å². The summed E-state index contributed by atoms with van der Waals surface area (Å²) in [6, 6.07) is 0. The van der Waals surface area contributed by atoms with Crippen molar-refractivity contribution in [3.05, 3.63) is 11.6 Å². The first-order valence-electron chi connectivity index (χ1n) is 5.75. The van der Waals surface area contributed by atoms with Crippen molar-refractivity contribution < 1.29 is 35.9 Å². The molecule has 0 aromatic carbocycles. The van der Waals surface area contributed by atoms with Crippen molar-refractivity contribution in [2.24, 2.45) is 11.8 Å². The highest BCUT2D eigenvalue weighted by atomic mass is 19.4. The molecule has 0 N–H and O–H groups in total. The first-order valence-corrected chi connectivity index (χ1v) is 5.75. The van der Waals surface area contributed by atoms with Gasteiger partial charge in [0.05, 0.1) is 5.92 Å². The Morgan fingerprint density at radius 1 is 1.00 bits per heavy atom. The molecule has 0 fully saturated rings. The minimum absolute atomic E-state index is 0.487. The van der Waals surface area contributed by atoms with Gasteiger partial charge in [0.25, 0.3) is 6.10 Å². The molecule has 1 atom stereocenters. The van der Waals surface area contributed by atoms with E-state index >= 15 is 0 Å². The first kappa shape index (κ1) is 18.8. The lowest BCUT2D eigenvalue weighted by Crippen LogP contribution is -2.46. The van der Waals surface area contributed by atoms with Crippen LogP contribution in [0.25, 0.3) is 0 Å². The van der Waals surface area contributed by atoms with Gasteiger partial charge < -0.3 is 4.74 Å². The second-order valence-electron chi connectivity index (χ2n) is 4.91. The third-order valence-electron chi connectivity index (χ3n) is 2.33. The number of hydrogen-bond donors (Lipinski definition) is 0.